The van der Waals surface area contributed by atoms with Gasteiger partial charge in [0.1, 0.15) is 17.7 Å². The molecule has 11 heteroatoms. The van der Waals surface area contributed by atoms with Gasteiger partial charge in [0.25, 0.3) is 10.2 Å². The molecular weight excluding hydrogens is 401 g/mol. The SMILES string of the molecule is CCOC(=O)N1CCN(S(=O)(=O)N[C@H](c2ccccc2F)c2nccn2C)CC1. The van der Waals surface area contributed by atoms with Crippen LogP contribution in [-0.4, -0.2) is 66.1 Å². The van der Waals surface area contributed by atoms with Gasteiger partial charge in [0, 0.05) is 51.2 Å². The van der Waals surface area contributed by atoms with Gasteiger partial charge in [0.05, 0.1) is 6.61 Å². The predicted octanol–water partition coefficient (Wildman–Crippen LogP) is 1.26. The number of carbonyl (C=O) groups excluding carboxylic acids is 1. The maximum absolute atomic E-state index is 14.4. The summed E-state index contributed by atoms with van der Waals surface area (Å²) < 4.78 is 50.9. The van der Waals surface area contributed by atoms with Crippen molar-refractivity contribution in [2.45, 2.75) is 13.0 Å². The zero-order chi connectivity index (χ0) is 21.0. The number of rotatable bonds is 6. The molecule has 1 aromatic heterocycles. The monoisotopic (exact) mass is 425 g/mol. The van der Waals surface area contributed by atoms with Gasteiger partial charge in [-0.3, -0.25) is 0 Å². The van der Waals surface area contributed by atoms with Crippen molar-refractivity contribution >= 4 is 16.3 Å². The fourth-order valence-corrected chi connectivity index (χ4v) is 4.49. The maximum Gasteiger partial charge on any atom is 0.409 e. The number of hydrogen-bond acceptors (Lipinski definition) is 5. The van der Waals surface area contributed by atoms with Gasteiger partial charge in [-0.05, 0) is 13.0 Å². The van der Waals surface area contributed by atoms with Gasteiger partial charge in [0.2, 0.25) is 0 Å². The number of piperazine rings is 1. The fourth-order valence-electron chi connectivity index (χ4n) is 3.17. The molecule has 1 aliphatic rings. The lowest BCUT2D eigenvalue weighted by atomic mass is 10.1. The molecule has 1 N–H and O–H groups in total. The molecule has 2 heterocycles. The highest BCUT2D eigenvalue weighted by molar-refractivity contribution is 7.87. The van der Waals surface area contributed by atoms with Crippen LogP contribution in [0, 0.1) is 5.82 Å². The van der Waals surface area contributed by atoms with Crippen LogP contribution >= 0.6 is 0 Å². The van der Waals surface area contributed by atoms with Crippen molar-refractivity contribution in [1.29, 1.82) is 0 Å². The molecule has 158 valence electrons. The van der Waals surface area contributed by atoms with Gasteiger partial charge < -0.3 is 14.2 Å². The molecule has 1 atom stereocenters. The second-order valence-electron chi connectivity index (χ2n) is 6.56. The van der Waals surface area contributed by atoms with Gasteiger partial charge in [-0.25, -0.2) is 14.2 Å². The van der Waals surface area contributed by atoms with E-state index in [4.69, 9.17) is 4.74 Å². The summed E-state index contributed by atoms with van der Waals surface area (Å²) in [6.07, 6.45) is 2.72. The first-order chi connectivity index (χ1) is 13.8. The van der Waals surface area contributed by atoms with Crippen LogP contribution in [0.2, 0.25) is 0 Å². The minimum Gasteiger partial charge on any atom is -0.450 e. The Hall–Kier alpha value is -2.50. The molecule has 0 radical (unpaired) electrons. The first-order valence-electron chi connectivity index (χ1n) is 9.24. The molecule has 1 aliphatic heterocycles. The van der Waals surface area contributed by atoms with E-state index in [9.17, 15) is 17.6 Å². The van der Waals surface area contributed by atoms with Crippen molar-refractivity contribution in [3.8, 4) is 0 Å². The number of hydrogen-bond donors (Lipinski definition) is 1. The number of carbonyl (C=O) groups is 1. The molecule has 0 bridgehead atoms. The smallest absolute Gasteiger partial charge is 0.409 e. The molecule has 3 rings (SSSR count). The van der Waals surface area contributed by atoms with Gasteiger partial charge in [-0.2, -0.15) is 17.4 Å². The normalized spacial score (nSPS) is 16.6. The quantitative estimate of drug-likeness (QED) is 0.752. The summed E-state index contributed by atoms with van der Waals surface area (Å²) >= 11 is 0. The zero-order valence-corrected chi connectivity index (χ0v) is 17.1. The first-order valence-corrected chi connectivity index (χ1v) is 10.7. The average Bonchev–Trinajstić information content (AvgIpc) is 3.13. The van der Waals surface area contributed by atoms with Gasteiger partial charge in [0.15, 0.2) is 0 Å². The molecule has 2 aromatic rings. The topological polar surface area (TPSA) is 96.8 Å². The number of ether oxygens (including phenoxy) is 1. The van der Waals surface area contributed by atoms with Crippen molar-refractivity contribution in [3.63, 3.8) is 0 Å². The van der Waals surface area contributed by atoms with Crippen molar-refractivity contribution in [2.24, 2.45) is 7.05 Å². The standard InChI is InChI=1S/C18H24FN5O4S/c1-3-28-18(25)23-10-12-24(13-11-23)29(26,27)21-16(17-20-8-9-22(17)2)14-6-4-5-7-15(14)19/h4-9,16,21H,3,10-13H2,1-2H3/t16-/m1/s1. The Balaban J connectivity index is 1.80. The van der Waals surface area contributed by atoms with Crippen LogP contribution in [0.1, 0.15) is 24.4 Å². The number of benzene rings is 1. The molecular formula is C18H24FN5O4S. The second kappa shape index (κ2) is 8.89. The Kier molecular flexibility index (Phi) is 6.50. The van der Waals surface area contributed by atoms with Gasteiger partial charge >= 0.3 is 6.09 Å². The van der Waals surface area contributed by atoms with E-state index >= 15 is 0 Å². The fraction of sp³-hybridized carbons (Fsp3) is 0.444. The molecule has 0 spiro atoms. The van der Waals surface area contributed by atoms with Crippen LogP contribution in [0.5, 0.6) is 0 Å². The lowest BCUT2D eigenvalue weighted by Gasteiger charge is -2.34. The largest absolute Gasteiger partial charge is 0.450 e. The van der Waals surface area contributed by atoms with Crippen LogP contribution in [0.4, 0.5) is 9.18 Å². The summed E-state index contributed by atoms with van der Waals surface area (Å²) in [5.74, 6) is -0.167. The summed E-state index contributed by atoms with van der Waals surface area (Å²) in [6, 6.07) is 4.98. The van der Waals surface area contributed by atoms with Gasteiger partial charge in [-0.15, -0.1) is 0 Å². The van der Waals surface area contributed by atoms with Crippen LogP contribution in [-0.2, 0) is 22.0 Å². The third-order valence-electron chi connectivity index (χ3n) is 4.70. The summed E-state index contributed by atoms with van der Waals surface area (Å²) in [4.78, 5) is 17.5. The zero-order valence-electron chi connectivity index (χ0n) is 16.3. The number of halogens is 1. The number of amides is 1. The second-order valence-corrected chi connectivity index (χ2v) is 8.26. The Labute approximate surface area is 169 Å². The molecule has 29 heavy (non-hydrogen) atoms. The maximum atomic E-state index is 14.4. The van der Waals surface area contributed by atoms with E-state index in [-0.39, 0.29) is 38.3 Å². The van der Waals surface area contributed by atoms with E-state index in [0.29, 0.717) is 5.82 Å². The Morgan fingerprint density at radius 3 is 2.55 bits per heavy atom. The van der Waals surface area contributed by atoms with Crippen LogP contribution < -0.4 is 4.72 Å². The summed E-state index contributed by atoms with van der Waals surface area (Å²) in [5.41, 5.74) is 0.176. The number of nitrogens with zero attached hydrogens (tertiary/aromatic N) is 4. The van der Waals surface area contributed by atoms with Crippen LogP contribution in [0.25, 0.3) is 0 Å². The minimum atomic E-state index is -3.97. The Morgan fingerprint density at radius 2 is 1.97 bits per heavy atom. The van der Waals surface area contributed by atoms with Crippen molar-refractivity contribution in [1.82, 2.24) is 23.5 Å². The van der Waals surface area contributed by atoms with Crippen LogP contribution in [0.15, 0.2) is 36.7 Å². The van der Waals surface area contributed by atoms with Crippen LogP contribution in [0.3, 0.4) is 0 Å². The van der Waals surface area contributed by atoms with E-state index < -0.39 is 28.2 Å². The number of aromatic nitrogens is 2. The lowest BCUT2D eigenvalue weighted by Crippen LogP contribution is -2.54. The third-order valence-corrected chi connectivity index (χ3v) is 6.28. The van der Waals surface area contributed by atoms with Crippen molar-refractivity contribution in [3.05, 3.63) is 53.9 Å². The highest BCUT2D eigenvalue weighted by atomic mass is 32.2. The van der Waals surface area contributed by atoms with Crippen molar-refractivity contribution in [2.75, 3.05) is 32.8 Å². The molecule has 1 aromatic carbocycles. The van der Waals surface area contributed by atoms with E-state index in [2.05, 4.69) is 9.71 Å². The molecule has 1 saturated heterocycles. The van der Waals surface area contributed by atoms with Gasteiger partial charge in [-0.1, -0.05) is 18.2 Å². The average molecular weight is 425 g/mol. The molecule has 0 saturated carbocycles. The molecule has 0 aliphatic carbocycles. The Bertz CT molecular complexity index is 957. The minimum absolute atomic E-state index is 0.110. The number of nitrogens with one attached hydrogen (secondary N) is 1. The Morgan fingerprint density at radius 1 is 1.28 bits per heavy atom. The molecule has 0 unspecified atom stereocenters. The lowest BCUT2D eigenvalue weighted by molar-refractivity contribution is 0.0932. The number of imidazole rings is 1. The molecule has 1 amide bonds. The summed E-state index contributed by atoms with van der Waals surface area (Å²) in [5, 5.41) is 0. The third kappa shape index (κ3) is 4.74. The van der Waals surface area contributed by atoms with Crippen molar-refractivity contribution < 1.29 is 22.3 Å². The summed E-state index contributed by atoms with van der Waals surface area (Å²) in [7, 11) is -2.26. The molecule has 9 nitrogen and oxygen atoms in total. The highest BCUT2D eigenvalue weighted by Crippen LogP contribution is 2.24. The van der Waals surface area contributed by atoms with E-state index in [1.165, 1.54) is 33.6 Å². The summed E-state index contributed by atoms with van der Waals surface area (Å²) in [6.45, 7) is 2.62. The molecule has 1 fully saturated rings. The van der Waals surface area contributed by atoms with E-state index in [1.54, 1.807) is 30.8 Å². The predicted molar refractivity (Wildman–Crippen MR) is 104 cm³/mol. The first kappa shape index (κ1) is 21.2. The highest BCUT2D eigenvalue weighted by Gasteiger charge is 2.33. The van der Waals surface area contributed by atoms with E-state index in [0.717, 1.165) is 0 Å². The number of aryl methyl sites for hydroxylation is 1. The van der Waals surface area contributed by atoms with E-state index in [1.807, 2.05) is 0 Å².